The molecule has 9 heteroatoms. The van der Waals surface area contributed by atoms with Crippen LogP contribution in [0.3, 0.4) is 0 Å². The highest BCUT2D eigenvalue weighted by molar-refractivity contribution is 7.99. The summed E-state index contributed by atoms with van der Waals surface area (Å²) in [5.74, 6) is 0.148. The van der Waals surface area contributed by atoms with Crippen LogP contribution in [0.2, 0.25) is 10.0 Å². The molecule has 0 fully saturated rings. The number of halogens is 2. The average Bonchev–Trinajstić information content (AvgIpc) is 3.35. The molecule has 0 N–H and O–H groups in total. The van der Waals surface area contributed by atoms with Crippen LogP contribution in [-0.2, 0) is 11.2 Å². The summed E-state index contributed by atoms with van der Waals surface area (Å²) in [5, 5.41) is 1.79. The highest BCUT2D eigenvalue weighted by atomic mass is 35.5. The number of carbonyl (C=O) groups excluding carboxylic acids is 1. The fourth-order valence-electron chi connectivity index (χ4n) is 4.03. The van der Waals surface area contributed by atoms with Crippen LogP contribution in [0, 0.1) is 13.8 Å². The minimum absolute atomic E-state index is 0.0153. The zero-order chi connectivity index (χ0) is 23.3. The maximum atomic E-state index is 13.6. The van der Waals surface area contributed by atoms with Crippen molar-refractivity contribution in [1.82, 2.24) is 9.55 Å². The Labute approximate surface area is 209 Å². The maximum absolute atomic E-state index is 13.6. The molecule has 0 saturated heterocycles. The molecule has 1 amide bonds. The van der Waals surface area contributed by atoms with Crippen molar-refractivity contribution in [2.45, 2.75) is 25.4 Å². The van der Waals surface area contributed by atoms with Gasteiger partial charge in [-0.15, -0.1) is 11.3 Å². The van der Waals surface area contributed by atoms with Crippen LogP contribution in [0.15, 0.2) is 52.4 Å². The minimum Gasteiger partial charge on any atom is -0.311 e. The lowest BCUT2D eigenvalue weighted by Gasteiger charge is -2.18. The summed E-state index contributed by atoms with van der Waals surface area (Å²) in [6.07, 6.45) is 0.846. The second-order valence-corrected chi connectivity index (χ2v) is 10.8. The summed E-state index contributed by atoms with van der Waals surface area (Å²) in [5.41, 5.74) is 3.43. The fraction of sp³-hybridized carbons (Fsp3) is 0.208. The molecule has 0 atom stereocenters. The first kappa shape index (κ1) is 22.5. The first-order chi connectivity index (χ1) is 15.8. The van der Waals surface area contributed by atoms with Crippen molar-refractivity contribution < 1.29 is 4.79 Å². The largest absolute Gasteiger partial charge is 0.311 e. The Bertz CT molecular complexity index is 1480. The van der Waals surface area contributed by atoms with Gasteiger partial charge in [0.1, 0.15) is 4.83 Å². The summed E-state index contributed by atoms with van der Waals surface area (Å²) in [6.45, 7) is 4.57. The molecule has 0 radical (unpaired) electrons. The van der Waals surface area contributed by atoms with E-state index < -0.39 is 0 Å². The third-order valence-corrected chi connectivity index (χ3v) is 8.61. The standard InChI is InChI=1S/C24H19Cl2N3O2S2/c1-13-14(2)33-22-21(13)23(31)29(16-7-8-17(25)18(26)11-16)24(27-22)32-12-20(30)28-10-9-15-5-3-4-6-19(15)28/h3-8,11H,9-10,12H2,1-2H3. The van der Waals surface area contributed by atoms with Crippen molar-refractivity contribution in [3.05, 3.63) is 78.9 Å². The Kier molecular flexibility index (Phi) is 5.99. The second kappa shape index (κ2) is 8.80. The van der Waals surface area contributed by atoms with Crippen molar-refractivity contribution in [3.8, 4) is 5.69 Å². The molecule has 33 heavy (non-hydrogen) atoms. The van der Waals surface area contributed by atoms with Gasteiger partial charge in [0.25, 0.3) is 5.56 Å². The fourth-order valence-corrected chi connectivity index (χ4v) is 6.28. The van der Waals surface area contributed by atoms with Crippen LogP contribution < -0.4 is 10.5 Å². The van der Waals surface area contributed by atoms with Crippen LogP contribution in [-0.4, -0.2) is 27.8 Å². The number of aryl methyl sites for hydroxylation is 2. The first-order valence-electron chi connectivity index (χ1n) is 10.3. The average molecular weight is 516 g/mol. The van der Waals surface area contributed by atoms with Gasteiger partial charge < -0.3 is 4.90 Å². The molecular formula is C24H19Cl2N3O2S2. The number of hydrogen-bond acceptors (Lipinski definition) is 5. The lowest BCUT2D eigenvalue weighted by molar-refractivity contribution is -0.116. The maximum Gasteiger partial charge on any atom is 0.267 e. The highest BCUT2D eigenvalue weighted by Gasteiger charge is 2.25. The summed E-state index contributed by atoms with van der Waals surface area (Å²) in [6, 6.07) is 13.0. The van der Waals surface area contributed by atoms with Gasteiger partial charge in [-0.05, 0) is 55.7 Å². The zero-order valence-corrected chi connectivity index (χ0v) is 21.0. The van der Waals surface area contributed by atoms with Gasteiger partial charge >= 0.3 is 0 Å². The van der Waals surface area contributed by atoms with E-state index in [4.69, 9.17) is 28.2 Å². The molecule has 1 aliphatic heterocycles. The molecule has 5 nitrogen and oxygen atoms in total. The predicted octanol–water partition coefficient (Wildman–Crippen LogP) is 6.05. The molecule has 2 aromatic carbocycles. The van der Waals surface area contributed by atoms with Gasteiger partial charge in [0.05, 0.1) is 26.9 Å². The monoisotopic (exact) mass is 515 g/mol. The van der Waals surface area contributed by atoms with Crippen molar-refractivity contribution in [2.24, 2.45) is 0 Å². The van der Waals surface area contributed by atoms with Crippen LogP contribution in [0.1, 0.15) is 16.0 Å². The molecule has 2 aromatic heterocycles. The minimum atomic E-state index is -0.179. The van der Waals surface area contributed by atoms with Crippen molar-refractivity contribution in [2.75, 3.05) is 17.2 Å². The molecule has 0 unspecified atom stereocenters. The quantitative estimate of drug-likeness (QED) is 0.245. The topological polar surface area (TPSA) is 55.2 Å². The van der Waals surface area contributed by atoms with E-state index in [1.165, 1.54) is 33.2 Å². The smallest absolute Gasteiger partial charge is 0.267 e. The Hall–Kier alpha value is -2.32. The number of anilines is 1. The Morgan fingerprint density at radius 2 is 1.94 bits per heavy atom. The Morgan fingerprint density at radius 3 is 2.73 bits per heavy atom. The molecule has 1 aliphatic rings. The van der Waals surface area contributed by atoms with Crippen LogP contribution >= 0.6 is 46.3 Å². The third kappa shape index (κ3) is 3.97. The molecule has 0 saturated carbocycles. The van der Waals surface area contributed by atoms with E-state index >= 15 is 0 Å². The number of para-hydroxylation sites is 1. The summed E-state index contributed by atoms with van der Waals surface area (Å²) in [7, 11) is 0. The molecule has 0 spiro atoms. The number of rotatable bonds is 4. The van der Waals surface area contributed by atoms with Gasteiger partial charge in [-0.1, -0.05) is 53.2 Å². The van der Waals surface area contributed by atoms with Crippen LogP contribution in [0.4, 0.5) is 5.69 Å². The molecule has 168 valence electrons. The number of thioether (sulfide) groups is 1. The SMILES string of the molecule is Cc1sc2nc(SCC(=O)N3CCc4ccccc43)n(-c3ccc(Cl)c(Cl)c3)c(=O)c2c1C. The predicted molar refractivity (Wildman–Crippen MR) is 138 cm³/mol. The number of hydrogen-bond donors (Lipinski definition) is 0. The molecule has 5 rings (SSSR count). The molecular weight excluding hydrogens is 497 g/mol. The van der Waals surface area contributed by atoms with Crippen molar-refractivity contribution >= 4 is 68.1 Å². The van der Waals surface area contributed by atoms with E-state index in [0.29, 0.717) is 37.7 Å². The lowest BCUT2D eigenvalue weighted by Crippen LogP contribution is -2.31. The van der Waals surface area contributed by atoms with Crippen molar-refractivity contribution in [1.29, 1.82) is 0 Å². The van der Waals surface area contributed by atoms with E-state index in [9.17, 15) is 9.59 Å². The number of fused-ring (bicyclic) bond motifs is 2. The number of nitrogens with zero attached hydrogens (tertiary/aromatic N) is 3. The number of benzene rings is 2. The number of thiophene rings is 1. The van der Waals surface area contributed by atoms with E-state index in [1.54, 1.807) is 18.2 Å². The number of aromatic nitrogens is 2. The zero-order valence-electron chi connectivity index (χ0n) is 17.9. The normalized spacial score (nSPS) is 13.0. The Morgan fingerprint density at radius 1 is 1.15 bits per heavy atom. The number of amides is 1. The molecule has 4 aromatic rings. The lowest BCUT2D eigenvalue weighted by atomic mass is 10.2. The van der Waals surface area contributed by atoms with Gasteiger partial charge in [-0.2, -0.15) is 0 Å². The van der Waals surface area contributed by atoms with E-state index in [0.717, 1.165) is 22.5 Å². The third-order valence-electron chi connectivity index (χ3n) is 5.85. The van der Waals surface area contributed by atoms with Crippen LogP contribution in [0.25, 0.3) is 15.9 Å². The van der Waals surface area contributed by atoms with Gasteiger partial charge in [0.2, 0.25) is 5.91 Å². The Balaban J connectivity index is 1.55. The van der Waals surface area contributed by atoms with Gasteiger partial charge in [0, 0.05) is 17.1 Å². The highest BCUT2D eigenvalue weighted by Crippen LogP contribution is 2.32. The van der Waals surface area contributed by atoms with E-state index in [2.05, 4.69) is 6.07 Å². The second-order valence-electron chi connectivity index (χ2n) is 7.81. The van der Waals surface area contributed by atoms with Crippen LogP contribution in [0.5, 0.6) is 0 Å². The first-order valence-corrected chi connectivity index (χ1v) is 12.9. The van der Waals surface area contributed by atoms with Gasteiger partial charge in [0.15, 0.2) is 5.16 Å². The molecule has 3 heterocycles. The van der Waals surface area contributed by atoms with E-state index in [1.807, 2.05) is 36.9 Å². The summed E-state index contributed by atoms with van der Waals surface area (Å²) in [4.78, 5) is 35.0. The summed E-state index contributed by atoms with van der Waals surface area (Å²) >= 11 is 15.1. The molecule has 0 aliphatic carbocycles. The van der Waals surface area contributed by atoms with Gasteiger partial charge in [-0.3, -0.25) is 14.2 Å². The van der Waals surface area contributed by atoms with E-state index in [-0.39, 0.29) is 17.2 Å². The van der Waals surface area contributed by atoms with Crippen molar-refractivity contribution in [3.63, 3.8) is 0 Å². The molecule has 0 bridgehead atoms. The number of carbonyl (C=O) groups is 1. The summed E-state index contributed by atoms with van der Waals surface area (Å²) < 4.78 is 1.53. The van der Waals surface area contributed by atoms with Gasteiger partial charge in [-0.25, -0.2) is 4.98 Å².